The van der Waals surface area contributed by atoms with Gasteiger partial charge in [0.2, 0.25) is 0 Å². The minimum Gasteiger partial charge on any atom is -0.370 e. The normalized spacial score (nSPS) is 10.7. The van der Waals surface area contributed by atoms with Gasteiger partial charge in [-0.1, -0.05) is 26.7 Å². The summed E-state index contributed by atoms with van der Waals surface area (Å²) in [6.45, 7) is 8.49. The minimum atomic E-state index is -0.172. The summed E-state index contributed by atoms with van der Waals surface area (Å²) in [5, 5.41) is 9.50. The Balaban J connectivity index is -0.00000162. The van der Waals surface area contributed by atoms with E-state index in [-0.39, 0.29) is 36.7 Å². The molecule has 0 spiro atoms. The van der Waals surface area contributed by atoms with Gasteiger partial charge in [0.25, 0.3) is 0 Å². The average molecular weight is 343 g/mol. The molecule has 0 rings (SSSR count). The predicted octanol–water partition coefficient (Wildman–Crippen LogP) is 1.92. The van der Waals surface area contributed by atoms with E-state index in [9.17, 15) is 0 Å². The summed E-state index contributed by atoms with van der Waals surface area (Å²) in [5.41, 5.74) is 10.7. The Bertz CT molecular complexity index is 265. The molecule has 0 saturated heterocycles. The van der Waals surface area contributed by atoms with Gasteiger partial charge in [-0.3, -0.25) is 15.7 Å². The maximum Gasteiger partial charge on any atom is 0.195 e. The van der Waals surface area contributed by atoms with E-state index in [1.54, 1.807) is 0 Å². The standard InChI is InChI=1S/C13H30N6.2ClH/c1-3-5-9-19(10-6-4-2)11-7-8-17-13(16)18-12(14)15;;/h3-11H2,1-2H3,(H6,14,15,16,17,18);2*1H. The molecule has 0 aliphatic carbocycles. The molecule has 0 atom stereocenters. The highest BCUT2D eigenvalue weighted by Gasteiger charge is 2.03. The third-order valence-electron chi connectivity index (χ3n) is 2.83. The van der Waals surface area contributed by atoms with E-state index in [0.29, 0.717) is 6.54 Å². The van der Waals surface area contributed by atoms with Crippen molar-refractivity contribution in [3.05, 3.63) is 0 Å². The quantitative estimate of drug-likeness (QED) is 0.276. The molecular formula is C13H32Cl2N6. The topological polar surface area (TPSA) is 104 Å². The molecule has 0 unspecified atom stereocenters. The molecule has 0 radical (unpaired) electrons. The van der Waals surface area contributed by atoms with Gasteiger partial charge < -0.3 is 16.4 Å². The van der Waals surface area contributed by atoms with Crippen LogP contribution in [0.1, 0.15) is 46.0 Å². The molecule has 0 aliphatic rings. The molecule has 0 aliphatic heterocycles. The lowest BCUT2D eigenvalue weighted by molar-refractivity contribution is 0.263. The van der Waals surface area contributed by atoms with Crippen molar-refractivity contribution in [1.29, 1.82) is 5.41 Å². The maximum atomic E-state index is 7.02. The fraction of sp³-hybridized carbons (Fsp3) is 0.846. The zero-order valence-corrected chi connectivity index (χ0v) is 14.9. The van der Waals surface area contributed by atoms with Crippen molar-refractivity contribution in [2.24, 2.45) is 16.5 Å². The van der Waals surface area contributed by atoms with E-state index in [4.69, 9.17) is 16.9 Å². The zero-order valence-electron chi connectivity index (χ0n) is 13.2. The van der Waals surface area contributed by atoms with Gasteiger partial charge in [0.15, 0.2) is 11.9 Å². The third-order valence-corrected chi connectivity index (χ3v) is 2.83. The first kappa shape index (κ1) is 25.2. The van der Waals surface area contributed by atoms with Gasteiger partial charge in [-0.25, -0.2) is 0 Å². The van der Waals surface area contributed by atoms with Crippen LogP contribution >= 0.6 is 24.8 Å². The Morgan fingerprint density at radius 3 is 1.90 bits per heavy atom. The molecule has 0 amide bonds. The van der Waals surface area contributed by atoms with Crippen LogP contribution in [0.4, 0.5) is 0 Å². The zero-order chi connectivity index (χ0) is 14.5. The summed E-state index contributed by atoms with van der Waals surface area (Å²) < 4.78 is 0. The second kappa shape index (κ2) is 17.3. The van der Waals surface area contributed by atoms with E-state index < -0.39 is 0 Å². The summed E-state index contributed by atoms with van der Waals surface area (Å²) >= 11 is 0. The highest BCUT2D eigenvalue weighted by molar-refractivity contribution is 5.95. The molecular weight excluding hydrogens is 311 g/mol. The number of nitrogens with one attached hydrogen (secondary N) is 2. The summed E-state index contributed by atoms with van der Waals surface area (Å²) in [4.78, 5) is 6.63. The highest BCUT2D eigenvalue weighted by atomic mass is 35.5. The molecule has 6 N–H and O–H groups in total. The molecule has 0 aromatic rings. The van der Waals surface area contributed by atoms with Crippen molar-refractivity contribution >= 4 is 36.7 Å². The molecule has 21 heavy (non-hydrogen) atoms. The smallest absolute Gasteiger partial charge is 0.195 e. The number of hydrogen-bond acceptors (Lipinski definition) is 3. The van der Waals surface area contributed by atoms with Crippen LogP contribution in [0.3, 0.4) is 0 Å². The van der Waals surface area contributed by atoms with E-state index in [1.807, 2.05) is 0 Å². The monoisotopic (exact) mass is 342 g/mol. The number of nitrogens with two attached hydrogens (primary N) is 2. The summed E-state index contributed by atoms with van der Waals surface area (Å²) in [6, 6.07) is 0. The number of nitrogens with zero attached hydrogens (tertiary/aromatic N) is 2. The first-order valence-electron chi connectivity index (χ1n) is 7.23. The largest absolute Gasteiger partial charge is 0.370 e. The van der Waals surface area contributed by atoms with Crippen molar-refractivity contribution in [2.45, 2.75) is 46.0 Å². The molecule has 0 saturated carbocycles. The number of aliphatic imine (C=N–C) groups is 1. The lowest BCUT2D eigenvalue weighted by Crippen LogP contribution is -2.41. The minimum absolute atomic E-state index is 0. The average Bonchev–Trinajstić information content (AvgIpc) is 2.35. The van der Waals surface area contributed by atoms with Gasteiger partial charge in [-0.2, -0.15) is 0 Å². The fourth-order valence-corrected chi connectivity index (χ4v) is 1.77. The SMILES string of the molecule is CCCCN(CCCC)CCCN=C(N)NC(=N)N.Cl.Cl. The van der Waals surface area contributed by atoms with Crippen LogP contribution in [0.15, 0.2) is 4.99 Å². The van der Waals surface area contributed by atoms with Gasteiger partial charge in [-0.15, -0.1) is 24.8 Å². The summed E-state index contributed by atoms with van der Waals surface area (Å²) in [7, 11) is 0. The number of guanidine groups is 2. The first-order chi connectivity index (χ1) is 9.10. The molecule has 128 valence electrons. The molecule has 0 heterocycles. The van der Waals surface area contributed by atoms with Crippen LogP contribution in [0, 0.1) is 5.41 Å². The second-order valence-electron chi connectivity index (χ2n) is 4.71. The van der Waals surface area contributed by atoms with Gasteiger partial charge >= 0.3 is 0 Å². The van der Waals surface area contributed by atoms with Gasteiger partial charge in [0.05, 0.1) is 0 Å². The Hall–Kier alpha value is -0.720. The fourth-order valence-electron chi connectivity index (χ4n) is 1.77. The molecule has 0 bridgehead atoms. The van der Waals surface area contributed by atoms with E-state index in [2.05, 4.69) is 29.1 Å². The lowest BCUT2D eigenvalue weighted by Gasteiger charge is -2.21. The Morgan fingerprint density at radius 1 is 1.00 bits per heavy atom. The van der Waals surface area contributed by atoms with E-state index in [1.165, 1.54) is 38.8 Å². The molecule has 0 fully saturated rings. The Kier molecular flexibility index (Phi) is 20.8. The number of halogens is 2. The number of unbranched alkanes of at least 4 members (excludes halogenated alkanes) is 2. The van der Waals surface area contributed by atoms with Crippen molar-refractivity contribution < 1.29 is 0 Å². The molecule has 0 aromatic carbocycles. The van der Waals surface area contributed by atoms with Crippen molar-refractivity contribution in [3.63, 3.8) is 0 Å². The molecule has 8 heteroatoms. The lowest BCUT2D eigenvalue weighted by atomic mass is 10.2. The van der Waals surface area contributed by atoms with Crippen molar-refractivity contribution in [3.8, 4) is 0 Å². The van der Waals surface area contributed by atoms with Crippen LogP contribution in [0.2, 0.25) is 0 Å². The predicted molar refractivity (Wildman–Crippen MR) is 96.9 cm³/mol. The Labute approximate surface area is 141 Å². The van der Waals surface area contributed by atoms with Crippen LogP contribution < -0.4 is 16.8 Å². The second-order valence-corrected chi connectivity index (χ2v) is 4.71. The maximum absolute atomic E-state index is 7.02. The first-order valence-corrected chi connectivity index (χ1v) is 7.23. The van der Waals surface area contributed by atoms with E-state index in [0.717, 1.165) is 13.0 Å². The van der Waals surface area contributed by atoms with Crippen LogP contribution in [-0.2, 0) is 0 Å². The molecule has 0 aromatic heterocycles. The molecule has 6 nitrogen and oxygen atoms in total. The number of hydrogen-bond donors (Lipinski definition) is 4. The van der Waals surface area contributed by atoms with Crippen LogP contribution in [-0.4, -0.2) is 43.0 Å². The van der Waals surface area contributed by atoms with Gasteiger partial charge in [0.1, 0.15) is 0 Å². The van der Waals surface area contributed by atoms with E-state index >= 15 is 0 Å². The number of rotatable bonds is 10. The van der Waals surface area contributed by atoms with Crippen LogP contribution in [0.25, 0.3) is 0 Å². The van der Waals surface area contributed by atoms with Crippen molar-refractivity contribution in [2.75, 3.05) is 26.2 Å². The van der Waals surface area contributed by atoms with Gasteiger partial charge in [-0.05, 0) is 38.9 Å². The van der Waals surface area contributed by atoms with Crippen molar-refractivity contribution in [1.82, 2.24) is 10.2 Å². The third kappa shape index (κ3) is 17.2. The summed E-state index contributed by atoms with van der Waals surface area (Å²) in [6.07, 6.45) is 5.95. The summed E-state index contributed by atoms with van der Waals surface area (Å²) in [5.74, 6) is 0.0509. The van der Waals surface area contributed by atoms with Gasteiger partial charge in [0, 0.05) is 6.54 Å². The van der Waals surface area contributed by atoms with Crippen LogP contribution in [0.5, 0.6) is 0 Å². The highest BCUT2D eigenvalue weighted by Crippen LogP contribution is 2.00. The Morgan fingerprint density at radius 2 is 1.48 bits per heavy atom.